The van der Waals surface area contributed by atoms with E-state index in [2.05, 4.69) is 0 Å². The number of benzene rings is 1. The molecule has 2 nitrogen and oxygen atoms in total. The number of halogens is 6. The van der Waals surface area contributed by atoms with E-state index in [0.29, 0.717) is 41.0 Å². The summed E-state index contributed by atoms with van der Waals surface area (Å²) in [6, 6.07) is -1.07. The Labute approximate surface area is 223 Å². The van der Waals surface area contributed by atoms with Crippen LogP contribution in [0.1, 0.15) is 98.5 Å². The van der Waals surface area contributed by atoms with Gasteiger partial charge >= 0.3 is 11.2 Å². The first-order valence-corrected chi connectivity index (χ1v) is 14.7. The average molecular weight is 559 g/mol. The summed E-state index contributed by atoms with van der Waals surface area (Å²) in [5.41, 5.74) is 2.04. The summed E-state index contributed by atoms with van der Waals surface area (Å²) in [6.45, 7) is 10.7. The van der Waals surface area contributed by atoms with Crippen molar-refractivity contribution < 1.29 is 33.3 Å². The Bertz CT molecular complexity index is 1320. The van der Waals surface area contributed by atoms with E-state index in [0.717, 1.165) is 52.1 Å². The predicted molar refractivity (Wildman–Crippen MR) is 142 cm³/mol. The Balaban J connectivity index is 2.10. The van der Waals surface area contributed by atoms with Crippen LogP contribution >= 0.6 is 11.2 Å². The van der Waals surface area contributed by atoms with Gasteiger partial charge in [0.25, 0.3) is 0 Å². The molecule has 0 N–H and O–H groups in total. The van der Waals surface area contributed by atoms with Crippen molar-refractivity contribution >= 4 is 28.2 Å². The zero-order chi connectivity index (χ0) is 28.1. The molecule has 0 bridgehead atoms. The third-order valence-electron chi connectivity index (χ3n) is 8.07. The molecular weight excluding hydrogens is 522 g/mol. The minimum absolute atomic E-state index is 0.0278. The zero-order valence-electron chi connectivity index (χ0n) is 22.9. The molecule has 3 aliphatic rings. The van der Waals surface area contributed by atoms with Crippen LogP contribution in [0.5, 0.6) is 0 Å². The number of rotatable bonds is 9. The lowest BCUT2D eigenvalue weighted by Gasteiger charge is -2.27. The van der Waals surface area contributed by atoms with Crippen LogP contribution in [0.2, 0.25) is 0 Å². The molecule has 1 unspecified atom stereocenters. The van der Waals surface area contributed by atoms with Gasteiger partial charge in [-0.2, -0.15) is 0 Å². The van der Waals surface area contributed by atoms with Gasteiger partial charge in [0.1, 0.15) is 5.57 Å². The Morgan fingerprint density at radius 2 is 1.29 bits per heavy atom. The number of fused-ring (bicyclic) bond motifs is 2. The molecule has 208 valence electrons. The van der Waals surface area contributed by atoms with E-state index < -0.39 is 46.0 Å². The van der Waals surface area contributed by atoms with Gasteiger partial charge in [-0.25, -0.2) is 17.6 Å². The summed E-state index contributed by atoms with van der Waals surface area (Å²) in [5.74, 6) is -6.24. The smallest absolute Gasteiger partial charge is 0.204 e. The highest BCUT2D eigenvalue weighted by Crippen LogP contribution is 2.65. The summed E-state index contributed by atoms with van der Waals surface area (Å²) in [4.78, 5) is 0. The molecule has 0 saturated heterocycles. The van der Waals surface area contributed by atoms with Crippen LogP contribution in [-0.4, -0.2) is 25.4 Å². The molecule has 38 heavy (non-hydrogen) atoms. The minimum atomic E-state index is -4.70. The molecule has 4 rings (SSSR count). The predicted octanol–water partition coefficient (Wildman–Crippen LogP) is 9.51. The highest BCUT2D eigenvalue weighted by molar-refractivity contribution is 8.14. The first-order valence-electron chi connectivity index (χ1n) is 13.4. The molecule has 1 aromatic rings. The molecule has 0 saturated carbocycles. The maximum Gasteiger partial charge on any atom is 0.528 e. The quantitative estimate of drug-likeness (QED) is 0.123. The second-order valence-corrected chi connectivity index (χ2v) is 12.0. The molecule has 0 amide bonds. The van der Waals surface area contributed by atoms with Crippen molar-refractivity contribution in [2.75, 3.05) is 0 Å². The van der Waals surface area contributed by atoms with Gasteiger partial charge in [0, 0.05) is 42.2 Å². The SMILES string of the molecule is CCCCCC1=C(C)C2=C(c3c(F)c(F)cc(F)c3F)C3C(C)=C(CCCCC)C(C)=[N+]3S(F)(F)[N+]2=C1C. The van der Waals surface area contributed by atoms with E-state index >= 15 is 16.6 Å². The zero-order valence-corrected chi connectivity index (χ0v) is 23.7. The van der Waals surface area contributed by atoms with Gasteiger partial charge in [0.2, 0.25) is 17.5 Å². The Kier molecular flexibility index (Phi) is 8.09. The van der Waals surface area contributed by atoms with Crippen molar-refractivity contribution in [1.82, 2.24) is 0 Å². The first-order chi connectivity index (χ1) is 17.9. The fraction of sp³-hybridized carbons (Fsp3) is 0.517. The molecule has 0 spiro atoms. The molecular formula is C29H36F6N2S+2. The van der Waals surface area contributed by atoms with Gasteiger partial charge in [-0.1, -0.05) is 43.5 Å². The van der Waals surface area contributed by atoms with Gasteiger partial charge < -0.3 is 0 Å². The van der Waals surface area contributed by atoms with E-state index in [9.17, 15) is 8.78 Å². The van der Waals surface area contributed by atoms with Crippen molar-refractivity contribution in [2.45, 2.75) is 99.0 Å². The summed E-state index contributed by atoms with van der Waals surface area (Å²) < 4.78 is 94.9. The number of hydrogen-bond acceptors (Lipinski definition) is 0. The van der Waals surface area contributed by atoms with E-state index in [4.69, 9.17) is 0 Å². The molecule has 3 heterocycles. The van der Waals surface area contributed by atoms with Gasteiger partial charge in [0.15, 0.2) is 29.0 Å². The largest absolute Gasteiger partial charge is 0.528 e. The number of allylic oxidation sites excluding steroid dienone is 3. The van der Waals surface area contributed by atoms with E-state index in [1.807, 2.05) is 13.8 Å². The Morgan fingerprint density at radius 3 is 1.82 bits per heavy atom. The van der Waals surface area contributed by atoms with Crippen LogP contribution in [0.4, 0.5) is 25.3 Å². The second kappa shape index (κ2) is 10.7. The van der Waals surface area contributed by atoms with Crippen molar-refractivity contribution in [3.05, 3.63) is 62.9 Å². The molecule has 0 aliphatic carbocycles. The lowest BCUT2D eigenvalue weighted by atomic mass is 9.87. The molecule has 3 aliphatic heterocycles. The van der Waals surface area contributed by atoms with E-state index in [1.165, 1.54) is 0 Å². The Hall–Kier alpha value is -2.29. The van der Waals surface area contributed by atoms with E-state index in [1.54, 1.807) is 27.7 Å². The molecule has 0 aromatic heterocycles. The minimum Gasteiger partial charge on any atom is -0.204 e. The first kappa shape index (κ1) is 28.7. The maximum atomic E-state index is 16.6. The molecule has 0 fully saturated rings. The van der Waals surface area contributed by atoms with Gasteiger partial charge in [-0.15, -0.1) is 0 Å². The third-order valence-corrected chi connectivity index (χ3v) is 9.92. The molecule has 0 radical (unpaired) electrons. The second-order valence-electron chi connectivity index (χ2n) is 10.4. The number of hydrogen-bond donors (Lipinski definition) is 0. The highest BCUT2D eigenvalue weighted by Gasteiger charge is 2.68. The topological polar surface area (TPSA) is 6.02 Å². The number of unbranched alkanes of at least 4 members (excludes halogenated alkanes) is 4. The lowest BCUT2D eigenvalue weighted by molar-refractivity contribution is -0.477. The van der Waals surface area contributed by atoms with Crippen molar-refractivity contribution in [1.29, 1.82) is 0 Å². The summed E-state index contributed by atoms with van der Waals surface area (Å²) in [5, 5.41) is 0. The summed E-state index contributed by atoms with van der Waals surface area (Å²) in [7, 11) is 0. The normalized spacial score (nSPS) is 21.7. The fourth-order valence-electron chi connectivity index (χ4n) is 6.15. The summed E-state index contributed by atoms with van der Waals surface area (Å²) in [6.07, 6.45) is 6.32. The fourth-order valence-corrected chi connectivity index (χ4v) is 8.18. The lowest BCUT2D eigenvalue weighted by Crippen LogP contribution is -2.39. The van der Waals surface area contributed by atoms with Crippen molar-refractivity contribution in [2.24, 2.45) is 0 Å². The van der Waals surface area contributed by atoms with Crippen molar-refractivity contribution in [3.8, 4) is 0 Å². The van der Waals surface area contributed by atoms with Crippen LogP contribution in [-0.2, 0) is 0 Å². The molecule has 9 heteroatoms. The molecule has 1 atom stereocenters. The van der Waals surface area contributed by atoms with Crippen LogP contribution in [0.3, 0.4) is 0 Å². The molecule has 1 aromatic carbocycles. The van der Waals surface area contributed by atoms with Crippen LogP contribution < -0.4 is 0 Å². The van der Waals surface area contributed by atoms with Crippen LogP contribution in [0.25, 0.3) is 5.57 Å². The standard InChI is InChI=1S/C29H36F6N2S/c1-7-9-11-13-20-16(3)28-25(24-26(32)22(30)15-23(31)27(24)33)29-17(4)21(14-12-10-8-2)19(6)37(29)38(34,35)36(28)18(20)5/h15,28H,7-14H2,1-6H3/q+2. The van der Waals surface area contributed by atoms with Crippen molar-refractivity contribution in [3.63, 3.8) is 0 Å². The summed E-state index contributed by atoms with van der Waals surface area (Å²) >= 11 is -4.70. The maximum absolute atomic E-state index is 16.6. The van der Waals surface area contributed by atoms with Gasteiger partial charge in [-0.05, 0) is 51.3 Å². The third kappa shape index (κ3) is 4.29. The van der Waals surface area contributed by atoms with Crippen LogP contribution in [0.15, 0.2) is 34.1 Å². The van der Waals surface area contributed by atoms with E-state index in [-0.39, 0.29) is 17.3 Å². The Morgan fingerprint density at radius 1 is 0.763 bits per heavy atom. The van der Waals surface area contributed by atoms with Gasteiger partial charge in [0.05, 0.1) is 5.56 Å². The monoisotopic (exact) mass is 558 g/mol. The average Bonchev–Trinajstić information content (AvgIpc) is 3.26. The van der Waals surface area contributed by atoms with Gasteiger partial charge in [-0.3, -0.25) is 0 Å². The number of nitrogens with zero attached hydrogens (tertiary/aromatic N) is 2. The highest BCUT2D eigenvalue weighted by atomic mass is 32.3. The van der Waals surface area contributed by atoms with Crippen LogP contribution in [0, 0.1) is 23.3 Å².